The summed E-state index contributed by atoms with van der Waals surface area (Å²) >= 11 is 6.20. The second kappa shape index (κ2) is 6.64. The van der Waals surface area contributed by atoms with E-state index >= 15 is 0 Å². The van der Waals surface area contributed by atoms with Crippen LogP contribution in [0.3, 0.4) is 0 Å². The Bertz CT molecular complexity index is 801. The van der Waals surface area contributed by atoms with Crippen LogP contribution in [0.5, 0.6) is 0 Å². The Morgan fingerprint density at radius 3 is 2.32 bits per heavy atom. The molecule has 4 nitrogen and oxygen atoms in total. The van der Waals surface area contributed by atoms with Gasteiger partial charge in [0.25, 0.3) is 0 Å². The van der Waals surface area contributed by atoms with Crippen molar-refractivity contribution < 1.29 is 9.90 Å². The van der Waals surface area contributed by atoms with Gasteiger partial charge in [-0.3, -0.25) is 0 Å². The molecular weight excluding hydrogens is 323 g/mol. The molecule has 0 aliphatic heterocycles. The first-order valence-electron chi connectivity index (χ1n) is 6.30. The van der Waals surface area contributed by atoms with E-state index in [1.54, 1.807) is 22.9 Å². The zero-order valence-electron chi connectivity index (χ0n) is 11.3. The molecule has 22 heavy (non-hydrogen) atoms. The maximum absolute atomic E-state index is 11.2. The standard InChI is InChI=1S/C16H11ClN2O2.ClH/c17-12-8-4-5-9-14(12)19-15(10-13(18-19)16(20)21)11-6-2-1-3-7-11;/h1-10H,(H,20,21);1H. The van der Waals surface area contributed by atoms with Gasteiger partial charge in [-0.1, -0.05) is 54.1 Å². The van der Waals surface area contributed by atoms with E-state index in [4.69, 9.17) is 11.6 Å². The van der Waals surface area contributed by atoms with E-state index in [1.165, 1.54) is 0 Å². The number of nitrogens with zero attached hydrogens (tertiary/aromatic N) is 2. The smallest absolute Gasteiger partial charge is 0.356 e. The second-order valence-electron chi connectivity index (χ2n) is 4.45. The number of aromatic nitrogens is 2. The lowest BCUT2D eigenvalue weighted by Gasteiger charge is -2.09. The van der Waals surface area contributed by atoms with Gasteiger partial charge in [0.1, 0.15) is 0 Å². The lowest BCUT2D eigenvalue weighted by molar-refractivity contribution is 0.0690. The molecule has 3 aromatic rings. The minimum absolute atomic E-state index is 0. The molecular formula is C16H12Cl2N2O2. The Labute approximate surface area is 138 Å². The molecule has 0 aliphatic carbocycles. The zero-order valence-corrected chi connectivity index (χ0v) is 12.9. The van der Waals surface area contributed by atoms with Crippen LogP contribution in [0.15, 0.2) is 60.7 Å². The van der Waals surface area contributed by atoms with E-state index in [-0.39, 0.29) is 18.1 Å². The number of hydrogen-bond donors (Lipinski definition) is 1. The highest BCUT2D eigenvalue weighted by molar-refractivity contribution is 6.32. The summed E-state index contributed by atoms with van der Waals surface area (Å²) in [7, 11) is 0. The number of para-hydroxylation sites is 1. The molecule has 0 unspecified atom stereocenters. The molecule has 0 saturated carbocycles. The van der Waals surface area contributed by atoms with E-state index in [9.17, 15) is 9.90 Å². The van der Waals surface area contributed by atoms with Gasteiger partial charge in [-0.15, -0.1) is 12.4 Å². The van der Waals surface area contributed by atoms with Gasteiger partial charge in [0, 0.05) is 5.56 Å². The average Bonchev–Trinajstić information content (AvgIpc) is 2.94. The summed E-state index contributed by atoms with van der Waals surface area (Å²) in [5.74, 6) is -1.07. The van der Waals surface area contributed by atoms with Gasteiger partial charge in [0.15, 0.2) is 5.69 Å². The lowest BCUT2D eigenvalue weighted by Crippen LogP contribution is -2.02. The normalized spacial score (nSPS) is 10.0. The average molecular weight is 335 g/mol. The number of rotatable bonds is 3. The Morgan fingerprint density at radius 2 is 1.68 bits per heavy atom. The van der Waals surface area contributed by atoms with Crippen LogP contribution in [0, 0.1) is 0 Å². The zero-order chi connectivity index (χ0) is 14.8. The predicted octanol–water partition coefficient (Wildman–Crippen LogP) is 4.31. The van der Waals surface area contributed by atoms with Gasteiger partial charge in [0.05, 0.1) is 16.4 Å². The van der Waals surface area contributed by atoms with Crippen molar-refractivity contribution in [1.82, 2.24) is 9.78 Å². The van der Waals surface area contributed by atoms with Crippen molar-refractivity contribution in [3.05, 3.63) is 71.4 Å². The Hall–Kier alpha value is -2.30. The largest absolute Gasteiger partial charge is 0.476 e. The van der Waals surface area contributed by atoms with E-state index in [1.807, 2.05) is 42.5 Å². The third-order valence-electron chi connectivity index (χ3n) is 3.08. The Balaban J connectivity index is 0.00000176. The summed E-state index contributed by atoms with van der Waals surface area (Å²) in [6.07, 6.45) is 0. The molecule has 6 heteroatoms. The minimum Gasteiger partial charge on any atom is -0.476 e. The summed E-state index contributed by atoms with van der Waals surface area (Å²) in [5, 5.41) is 13.8. The summed E-state index contributed by atoms with van der Waals surface area (Å²) in [4.78, 5) is 11.2. The third kappa shape index (κ3) is 2.98. The molecule has 0 saturated heterocycles. The van der Waals surface area contributed by atoms with Crippen molar-refractivity contribution >= 4 is 30.0 Å². The fourth-order valence-corrected chi connectivity index (χ4v) is 2.32. The van der Waals surface area contributed by atoms with E-state index in [0.717, 1.165) is 5.56 Å². The fourth-order valence-electron chi connectivity index (χ4n) is 2.11. The second-order valence-corrected chi connectivity index (χ2v) is 4.86. The van der Waals surface area contributed by atoms with Gasteiger partial charge in [-0.25, -0.2) is 9.48 Å². The molecule has 0 aliphatic rings. The van der Waals surface area contributed by atoms with Crippen molar-refractivity contribution in [3.63, 3.8) is 0 Å². The summed E-state index contributed by atoms with van der Waals surface area (Å²) in [6, 6.07) is 18.2. The highest BCUT2D eigenvalue weighted by atomic mass is 35.5. The molecule has 112 valence electrons. The molecule has 3 rings (SSSR count). The number of carboxylic acids is 1. The quantitative estimate of drug-likeness (QED) is 0.776. The van der Waals surface area contributed by atoms with Crippen LogP contribution >= 0.6 is 24.0 Å². The Kier molecular flexibility index (Phi) is 4.85. The van der Waals surface area contributed by atoms with Crippen LogP contribution in [0.25, 0.3) is 16.9 Å². The van der Waals surface area contributed by atoms with Crippen molar-refractivity contribution in [2.24, 2.45) is 0 Å². The van der Waals surface area contributed by atoms with Crippen molar-refractivity contribution in [2.45, 2.75) is 0 Å². The summed E-state index contributed by atoms with van der Waals surface area (Å²) in [6.45, 7) is 0. The highest BCUT2D eigenvalue weighted by Crippen LogP contribution is 2.27. The van der Waals surface area contributed by atoms with Gasteiger partial charge in [-0.05, 0) is 18.2 Å². The maximum Gasteiger partial charge on any atom is 0.356 e. The molecule has 0 spiro atoms. The first-order valence-corrected chi connectivity index (χ1v) is 6.68. The predicted molar refractivity (Wildman–Crippen MR) is 88.2 cm³/mol. The van der Waals surface area contributed by atoms with Gasteiger partial charge in [0.2, 0.25) is 0 Å². The number of carboxylic acid groups (broad SMARTS) is 1. The number of benzene rings is 2. The van der Waals surface area contributed by atoms with Crippen LogP contribution in [0.2, 0.25) is 5.02 Å². The van der Waals surface area contributed by atoms with Crippen molar-refractivity contribution in [1.29, 1.82) is 0 Å². The number of carbonyl (C=O) groups is 1. The molecule has 0 bridgehead atoms. The molecule has 0 amide bonds. The Morgan fingerprint density at radius 1 is 1.05 bits per heavy atom. The van der Waals surface area contributed by atoms with Gasteiger partial charge < -0.3 is 5.11 Å². The third-order valence-corrected chi connectivity index (χ3v) is 3.40. The van der Waals surface area contributed by atoms with Crippen LogP contribution in [-0.4, -0.2) is 20.9 Å². The van der Waals surface area contributed by atoms with Crippen molar-refractivity contribution in [2.75, 3.05) is 0 Å². The maximum atomic E-state index is 11.2. The topological polar surface area (TPSA) is 55.1 Å². The van der Waals surface area contributed by atoms with Gasteiger partial charge >= 0.3 is 5.97 Å². The monoisotopic (exact) mass is 334 g/mol. The SMILES string of the molecule is Cl.O=C(O)c1cc(-c2ccccc2)n(-c2ccccc2Cl)n1. The minimum atomic E-state index is -1.07. The first kappa shape index (κ1) is 16.1. The number of aromatic carboxylic acids is 1. The van der Waals surface area contributed by atoms with E-state index < -0.39 is 5.97 Å². The number of halogens is 2. The van der Waals surface area contributed by atoms with Crippen LogP contribution in [0.1, 0.15) is 10.5 Å². The van der Waals surface area contributed by atoms with Crippen LogP contribution in [0.4, 0.5) is 0 Å². The van der Waals surface area contributed by atoms with Crippen LogP contribution in [-0.2, 0) is 0 Å². The molecule has 0 atom stereocenters. The van der Waals surface area contributed by atoms with Crippen molar-refractivity contribution in [3.8, 4) is 16.9 Å². The molecule has 0 fully saturated rings. The molecule has 2 aromatic carbocycles. The molecule has 1 aromatic heterocycles. The summed E-state index contributed by atoms with van der Waals surface area (Å²) in [5.41, 5.74) is 2.18. The molecule has 0 radical (unpaired) electrons. The van der Waals surface area contributed by atoms with E-state index in [0.29, 0.717) is 16.4 Å². The molecule has 1 heterocycles. The number of hydrogen-bond acceptors (Lipinski definition) is 2. The lowest BCUT2D eigenvalue weighted by atomic mass is 10.1. The fraction of sp³-hybridized carbons (Fsp3) is 0. The van der Waals surface area contributed by atoms with E-state index in [2.05, 4.69) is 5.10 Å². The van der Waals surface area contributed by atoms with Gasteiger partial charge in [-0.2, -0.15) is 5.10 Å². The first-order chi connectivity index (χ1) is 10.2. The van der Waals surface area contributed by atoms with Crippen LogP contribution < -0.4 is 0 Å². The highest BCUT2D eigenvalue weighted by Gasteiger charge is 2.16. The summed E-state index contributed by atoms with van der Waals surface area (Å²) < 4.78 is 1.56. The molecule has 1 N–H and O–H groups in total.